The number of rotatable bonds is 4. The standard InChI is InChI=1S/C17H15ClN4O/c1-12-16(17(23)19-15-9-5-8-14(18)10-15)20-21-22(12)11-13-6-3-2-4-7-13/h2-10H,11H2,1H3,(H,19,23). The lowest BCUT2D eigenvalue weighted by Gasteiger charge is -2.05. The minimum absolute atomic E-state index is 0.302. The number of aromatic nitrogens is 3. The van der Waals surface area contributed by atoms with Crippen molar-refractivity contribution in [3.8, 4) is 0 Å². The molecule has 116 valence electrons. The van der Waals surface area contributed by atoms with Crippen molar-refractivity contribution >= 4 is 23.2 Å². The van der Waals surface area contributed by atoms with E-state index in [1.165, 1.54) is 0 Å². The fourth-order valence-electron chi connectivity index (χ4n) is 2.23. The summed E-state index contributed by atoms with van der Waals surface area (Å²) in [7, 11) is 0. The van der Waals surface area contributed by atoms with Gasteiger partial charge in [0.15, 0.2) is 5.69 Å². The molecule has 6 heteroatoms. The molecule has 0 spiro atoms. The number of carbonyl (C=O) groups is 1. The van der Waals surface area contributed by atoms with Crippen molar-refractivity contribution in [3.63, 3.8) is 0 Å². The summed E-state index contributed by atoms with van der Waals surface area (Å²) in [6.07, 6.45) is 0. The van der Waals surface area contributed by atoms with Gasteiger partial charge in [0.1, 0.15) is 0 Å². The van der Waals surface area contributed by atoms with Gasteiger partial charge >= 0.3 is 0 Å². The van der Waals surface area contributed by atoms with Crippen LogP contribution in [0.4, 0.5) is 5.69 Å². The van der Waals surface area contributed by atoms with Crippen molar-refractivity contribution in [2.75, 3.05) is 5.32 Å². The van der Waals surface area contributed by atoms with Crippen LogP contribution in [-0.2, 0) is 6.54 Å². The van der Waals surface area contributed by atoms with Crippen LogP contribution in [0, 0.1) is 6.92 Å². The average Bonchev–Trinajstić information content (AvgIpc) is 2.89. The Bertz CT molecular complexity index is 830. The van der Waals surface area contributed by atoms with E-state index in [0.717, 1.165) is 5.56 Å². The van der Waals surface area contributed by atoms with Gasteiger partial charge in [0.25, 0.3) is 5.91 Å². The molecule has 2 aromatic carbocycles. The Morgan fingerprint density at radius 1 is 1.17 bits per heavy atom. The summed E-state index contributed by atoms with van der Waals surface area (Å²) in [5, 5.41) is 11.4. The normalized spacial score (nSPS) is 10.5. The molecule has 0 fully saturated rings. The lowest BCUT2D eigenvalue weighted by molar-refractivity contribution is 0.102. The SMILES string of the molecule is Cc1c(C(=O)Nc2cccc(Cl)c2)nnn1Cc1ccccc1. The predicted molar refractivity (Wildman–Crippen MR) is 89.7 cm³/mol. The first-order chi connectivity index (χ1) is 11.1. The van der Waals surface area contributed by atoms with Crippen molar-refractivity contribution in [1.82, 2.24) is 15.0 Å². The van der Waals surface area contributed by atoms with Gasteiger partial charge in [0.05, 0.1) is 12.2 Å². The first-order valence-corrected chi connectivity index (χ1v) is 7.52. The Labute approximate surface area is 138 Å². The maximum absolute atomic E-state index is 12.3. The number of hydrogen-bond donors (Lipinski definition) is 1. The summed E-state index contributed by atoms with van der Waals surface area (Å²) < 4.78 is 1.71. The van der Waals surface area contributed by atoms with Crippen LogP contribution in [-0.4, -0.2) is 20.9 Å². The monoisotopic (exact) mass is 326 g/mol. The highest BCUT2D eigenvalue weighted by molar-refractivity contribution is 6.30. The summed E-state index contributed by atoms with van der Waals surface area (Å²) in [6, 6.07) is 16.9. The zero-order chi connectivity index (χ0) is 16.2. The van der Waals surface area contributed by atoms with E-state index in [2.05, 4.69) is 15.6 Å². The quantitative estimate of drug-likeness (QED) is 0.797. The van der Waals surface area contributed by atoms with E-state index >= 15 is 0 Å². The molecule has 0 aliphatic heterocycles. The second-order valence-electron chi connectivity index (χ2n) is 5.13. The Kier molecular flexibility index (Phi) is 4.39. The summed E-state index contributed by atoms with van der Waals surface area (Å²) in [5.41, 5.74) is 2.75. The molecule has 0 radical (unpaired) electrons. The van der Waals surface area contributed by atoms with E-state index in [-0.39, 0.29) is 5.91 Å². The molecular weight excluding hydrogens is 312 g/mol. The molecule has 0 saturated carbocycles. The molecule has 1 heterocycles. The highest BCUT2D eigenvalue weighted by Crippen LogP contribution is 2.16. The maximum Gasteiger partial charge on any atom is 0.278 e. The summed E-state index contributed by atoms with van der Waals surface area (Å²) in [6.45, 7) is 2.40. The van der Waals surface area contributed by atoms with Crippen LogP contribution in [0.2, 0.25) is 5.02 Å². The molecule has 1 amide bonds. The molecule has 3 aromatic rings. The van der Waals surface area contributed by atoms with Crippen LogP contribution in [0.1, 0.15) is 21.7 Å². The minimum atomic E-state index is -0.302. The third-order valence-corrected chi connectivity index (χ3v) is 3.69. The molecule has 0 unspecified atom stereocenters. The van der Waals surface area contributed by atoms with E-state index in [1.807, 2.05) is 37.3 Å². The zero-order valence-corrected chi connectivity index (χ0v) is 13.3. The molecule has 1 aromatic heterocycles. The molecule has 0 aliphatic carbocycles. The number of nitrogens with one attached hydrogen (secondary N) is 1. The minimum Gasteiger partial charge on any atom is -0.320 e. The van der Waals surface area contributed by atoms with Crippen LogP contribution in [0.5, 0.6) is 0 Å². The molecule has 5 nitrogen and oxygen atoms in total. The fourth-order valence-corrected chi connectivity index (χ4v) is 2.42. The third kappa shape index (κ3) is 3.57. The molecule has 1 N–H and O–H groups in total. The molecule has 0 bridgehead atoms. The maximum atomic E-state index is 12.3. The first-order valence-electron chi connectivity index (χ1n) is 7.14. The predicted octanol–water partition coefficient (Wildman–Crippen LogP) is 3.54. The van der Waals surface area contributed by atoms with E-state index in [9.17, 15) is 4.79 Å². The van der Waals surface area contributed by atoms with Crippen LogP contribution in [0.3, 0.4) is 0 Å². The Hall–Kier alpha value is -2.66. The Morgan fingerprint density at radius 3 is 2.70 bits per heavy atom. The number of hydrogen-bond acceptors (Lipinski definition) is 3. The molecule has 0 saturated heterocycles. The van der Waals surface area contributed by atoms with E-state index in [0.29, 0.717) is 28.6 Å². The van der Waals surface area contributed by atoms with Crippen molar-refractivity contribution < 1.29 is 4.79 Å². The van der Waals surface area contributed by atoms with Gasteiger partial charge in [-0.25, -0.2) is 4.68 Å². The summed E-state index contributed by atoms with van der Waals surface area (Å²) in [4.78, 5) is 12.3. The topological polar surface area (TPSA) is 59.8 Å². The van der Waals surface area contributed by atoms with Crippen molar-refractivity contribution in [2.24, 2.45) is 0 Å². The number of amides is 1. The van der Waals surface area contributed by atoms with Gasteiger partial charge in [0, 0.05) is 10.7 Å². The van der Waals surface area contributed by atoms with Gasteiger partial charge in [-0.1, -0.05) is 53.2 Å². The van der Waals surface area contributed by atoms with Crippen LogP contribution in [0.15, 0.2) is 54.6 Å². The van der Waals surface area contributed by atoms with E-state index in [1.54, 1.807) is 28.9 Å². The Balaban J connectivity index is 1.77. The van der Waals surface area contributed by atoms with E-state index < -0.39 is 0 Å². The fraction of sp³-hybridized carbons (Fsp3) is 0.118. The van der Waals surface area contributed by atoms with Crippen LogP contribution < -0.4 is 5.32 Å². The molecule has 0 atom stereocenters. The van der Waals surface area contributed by atoms with Crippen LogP contribution in [0.25, 0.3) is 0 Å². The first kappa shape index (κ1) is 15.2. The lowest BCUT2D eigenvalue weighted by Crippen LogP contribution is -2.14. The van der Waals surface area contributed by atoms with Gasteiger partial charge in [-0.05, 0) is 30.7 Å². The summed E-state index contributed by atoms with van der Waals surface area (Å²) in [5.74, 6) is -0.302. The number of nitrogens with zero attached hydrogens (tertiary/aromatic N) is 3. The summed E-state index contributed by atoms with van der Waals surface area (Å²) >= 11 is 5.92. The van der Waals surface area contributed by atoms with Crippen molar-refractivity contribution in [2.45, 2.75) is 13.5 Å². The van der Waals surface area contributed by atoms with Crippen LogP contribution >= 0.6 is 11.6 Å². The van der Waals surface area contributed by atoms with Crippen molar-refractivity contribution in [3.05, 3.63) is 76.6 Å². The van der Waals surface area contributed by atoms with Gasteiger partial charge in [-0.2, -0.15) is 0 Å². The highest BCUT2D eigenvalue weighted by Gasteiger charge is 2.16. The third-order valence-electron chi connectivity index (χ3n) is 3.46. The Morgan fingerprint density at radius 2 is 1.96 bits per heavy atom. The van der Waals surface area contributed by atoms with Gasteiger partial charge in [-0.15, -0.1) is 5.10 Å². The number of halogens is 1. The molecule has 23 heavy (non-hydrogen) atoms. The van der Waals surface area contributed by atoms with Gasteiger partial charge < -0.3 is 5.32 Å². The van der Waals surface area contributed by atoms with Crippen molar-refractivity contribution in [1.29, 1.82) is 0 Å². The second kappa shape index (κ2) is 6.62. The molecule has 3 rings (SSSR count). The second-order valence-corrected chi connectivity index (χ2v) is 5.57. The largest absolute Gasteiger partial charge is 0.320 e. The number of carbonyl (C=O) groups excluding carboxylic acids is 1. The van der Waals surface area contributed by atoms with Gasteiger partial charge in [-0.3, -0.25) is 4.79 Å². The van der Waals surface area contributed by atoms with Gasteiger partial charge in [0.2, 0.25) is 0 Å². The lowest BCUT2D eigenvalue weighted by atomic mass is 10.2. The zero-order valence-electron chi connectivity index (χ0n) is 12.5. The highest BCUT2D eigenvalue weighted by atomic mass is 35.5. The van der Waals surface area contributed by atoms with E-state index in [4.69, 9.17) is 11.6 Å². The smallest absolute Gasteiger partial charge is 0.278 e. The number of anilines is 1. The average molecular weight is 327 g/mol. The molecular formula is C17H15ClN4O. The number of benzene rings is 2. The molecule has 0 aliphatic rings.